The lowest BCUT2D eigenvalue weighted by atomic mass is 9.86. The number of hydrogen-bond acceptors (Lipinski definition) is 4. The summed E-state index contributed by atoms with van der Waals surface area (Å²) in [5.74, 6) is -2.49. The van der Waals surface area contributed by atoms with Crippen molar-refractivity contribution in [2.24, 2.45) is 5.92 Å². The van der Waals surface area contributed by atoms with Crippen molar-refractivity contribution in [1.82, 2.24) is 9.88 Å². The summed E-state index contributed by atoms with van der Waals surface area (Å²) in [6.07, 6.45) is 3.30. The summed E-state index contributed by atoms with van der Waals surface area (Å²) in [5.41, 5.74) is 0.724. The molecule has 0 bridgehead atoms. The second-order valence-corrected chi connectivity index (χ2v) is 12.5. The molecular weight excluding hydrogens is 574 g/mol. The van der Waals surface area contributed by atoms with Gasteiger partial charge in [-0.2, -0.15) is 0 Å². The number of nitrogens with one attached hydrogen (secondary N) is 1. The van der Waals surface area contributed by atoms with Gasteiger partial charge < -0.3 is 5.32 Å². The summed E-state index contributed by atoms with van der Waals surface area (Å²) in [5, 5.41) is 2.79. The quantitative estimate of drug-likeness (QED) is 0.294. The number of nitrogens with zero attached hydrogens (tertiary/aromatic N) is 1. The molecule has 5 nitrogen and oxygen atoms in total. The van der Waals surface area contributed by atoms with E-state index in [4.69, 9.17) is 0 Å². The highest BCUT2D eigenvalue weighted by molar-refractivity contribution is 9.10. The Morgan fingerprint density at radius 2 is 1.79 bits per heavy atom. The highest BCUT2D eigenvalue weighted by Crippen LogP contribution is 2.22. The van der Waals surface area contributed by atoms with Gasteiger partial charge in [-0.05, 0) is 41.5 Å². The number of aromatic nitrogens is 1. The Kier molecular flexibility index (Phi) is 9.59. The lowest BCUT2D eigenvalue weighted by molar-refractivity contribution is -0.121. The minimum Gasteiger partial charge on any atom is -0.355 e. The fourth-order valence-electron chi connectivity index (χ4n) is 3.64. The van der Waals surface area contributed by atoms with E-state index in [-0.39, 0.29) is 38.4 Å². The molecule has 0 aliphatic heterocycles. The van der Waals surface area contributed by atoms with Gasteiger partial charge in [0.05, 0.1) is 4.53 Å². The minimum absolute atomic E-state index is 0.0681. The van der Waals surface area contributed by atoms with Gasteiger partial charge in [-0.3, -0.25) is 19.0 Å². The Hall–Kier alpha value is -2.91. The smallest absolute Gasteiger partial charge is 0.269 e. The van der Waals surface area contributed by atoms with Crippen molar-refractivity contribution in [3.63, 3.8) is 0 Å². The number of benzene rings is 2. The van der Waals surface area contributed by atoms with Gasteiger partial charge in [0.1, 0.15) is 11.2 Å². The summed E-state index contributed by atoms with van der Waals surface area (Å²) >= 11 is 4.07. The number of Topliss-reactive ketones (excluding diaryl/α,β-unsaturated/α-hetero) is 1. The van der Waals surface area contributed by atoms with Crippen LogP contribution in [0.25, 0.3) is 12.2 Å². The summed E-state index contributed by atoms with van der Waals surface area (Å²) in [6.45, 7) is 10.4. The highest BCUT2D eigenvalue weighted by atomic mass is 79.9. The van der Waals surface area contributed by atoms with Crippen molar-refractivity contribution < 1.29 is 18.4 Å². The van der Waals surface area contributed by atoms with E-state index < -0.39 is 17.2 Å². The molecule has 0 unspecified atom stereocenters. The van der Waals surface area contributed by atoms with Crippen LogP contribution in [0.4, 0.5) is 8.78 Å². The number of halogens is 3. The molecule has 0 saturated heterocycles. The van der Waals surface area contributed by atoms with Crippen LogP contribution in [0.15, 0.2) is 45.7 Å². The van der Waals surface area contributed by atoms with Crippen molar-refractivity contribution in [2.45, 2.75) is 53.0 Å². The maximum atomic E-state index is 14.4. The molecule has 1 heterocycles. The third-order valence-corrected chi connectivity index (χ3v) is 7.40. The molecule has 3 aromatic rings. The average molecular weight is 606 g/mol. The Morgan fingerprint density at radius 3 is 2.39 bits per heavy atom. The first-order valence-electron chi connectivity index (χ1n) is 12.3. The van der Waals surface area contributed by atoms with Crippen LogP contribution in [0.1, 0.15) is 62.5 Å². The van der Waals surface area contributed by atoms with Crippen LogP contribution in [0.2, 0.25) is 0 Å². The molecule has 1 aromatic heterocycles. The molecule has 0 spiro atoms. The molecule has 0 fully saturated rings. The second-order valence-electron chi connectivity index (χ2n) is 10.5. The van der Waals surface area contributed by atoms with Crippen molar-refractivity contribution >= 4 is 51.1 Å². The van der Waals surface area contributed by atoms with Gasteiger partial charge in [-0.1, -0.05) is 74.8 Å². The average Bonchev–Trinajstić information content (AvgIpc) is 3.10. The number of ketones is 1. The normalized spacial score (nSPS) is 12.9. The first-order chi connectivity index (χ1) is 17.8. The third-order valence-electron chi connectivity index (χ3n) is 5.88. The number of amides is 1. The lowest BCUT2D eigenvalue weighted by Crippen LogP contribution is -2.38. The van der Waals surface area contributed by atoms with E-state index in [0.29, 0.717) is 22.5 Å². The lowest BCUT2D eigenvalue weighted by Gasteiger charge is -2.18. The molecule has 3 rings (SSSR count). The van der Waals surface area contributed by atoms with Crippen molar-refractivity contribution in [3.8, 4) is 0 Å². The van der Waals surface area contributed by atoms with Gasteiger partial charge in [-0.25, -0.2) is 8.78 Å². The Balaban J connectivity index is 2.08. The summed E-state index contributed by atoms with van der Waals surface area (Å²) in [6, 6.07) is 9.56. The number of carbonyl (C=O) groups is 2. The zero-order valence-corrected chi connectivity index (χ0v) is 24.4. The third kappa shape index (κ3) is 7.57. The van der Waals surface area contributed by atoms with Gasteiger partial charge >= 0.3 is 0 Å². The van der Waals surface area contributed by atoms with E-state index in [1.807, 2.05) is 26.0 Å². The summed E-state index contributed by atoms with van der Waals surface area (Å²) in [4.78, 5) is 39.0. The topological polar surface area (TPSA) is 68.2 Å². The molecular formula is C29H31BrF2N2O3S. The molecule has 38 heavy (non-hydrogen) atoms. The highest BCUT2D eigenvalue weighted by Gasteiger charge is 2.16. The fourth-order valence-corrected chi connectivity index (χ4v) is 5.12. The monoisotopic (exact) mass is 604 g/mol. The van der Waals surface area contributed by atoms with Crippen LogP contribution in [-0.2, 0) is 16.8 Å². The van der Waals surface area contributed by atoms with Crippen molar-refractivity contribution in [1.29, 1.82) is 0 Å². The van der Waals surface area contributed by atoms with Crippen molar-refractivity contribution in [3.05, 3.63) is 88.7 Å². The number of hydrogen-bond donors (Lipinski definition) is 1. The Labute approximate surface area is 233 Å². The second kappa shape index (κ2) is 12.3. The van der Waals surface area contributed by atoms with Crippen LogP contribution < -0.4 is 20.1 Å². The van der Waals surface area contributed by atoms with Gasteiger partial charge in [0.25, 0.3) is 5.56 Å². The van der Waals surface area contributed by atoms with Gasteiger partial charge in [0, 0.05) is 28.2 Å². The molecule has 0 aliphatic carbocycles. The van der Waals surface area contributed by atoms with Crippen LogP contribution in [0, 0.1) is 17.6 Å². The summed E-state index contributed by atoms with van der Waals surface area (Å²) in [7, 11) is 0. The van der Waals surface area contributed by atoms with Crippen LogP contribution in [-0.4, -0.2) is 22.8 Å². The Bertz CT molecular complexity index is 1520. The van der Waals surface area contributed by atoms with Gasteiger partial charge in [-0.15, -0.1) is 11.3 Å². The fraction of sp³-hybridized carbons (Fsp3) is 0.345. The number of rotatable bonds is 8. The zero-order chi connectivity index (χ0) is 28.2. The number of carbonyl (C=O) groups excluding carboxylic acids is 2. The van der Waals surface area contributed by atoms with E-state index in [1.165, 1.54) is 22.8 Å². The first-order valence-corrected chi connectivity index (χ1v) is 13.9. The predicted molar refractivity (Wildman–Crippen MR) is 152 cm³/mol. The van der Waals surface area contributed by atoms with E-state index >= 15 is 0 Å². The van der Waals surface area contributed by atoms with E-state index in [1.54, 1.807) is 12.1 Å². The maximum absolute atomic E-state index is 14.4. The molecule has 1 amide bonds. The van der Waals surface area contributed by atoms with E-state index in [9.17, 15) is 23.2 Å². The van der Waals surface area contributed by atoms with Gasteiger partial charge in [0.2, 0.25) is 5.91 Å². The zero-order valence-electron chi connectivity index (χ0n) is 22.0. The SMILES string of the molecule is CC(C)CCNC(=O)Cn1c(=O)/c(=C\c2cc(Br)cc(F)c2F)s/c1=C\C(=O)c1ccc(C(C)(C)C)cc1. The van der Waals surface area contributed by atoms with Crippen LogP contribution in [0.3, 0.4) is 0 Å². The Morgan fingerprint density at radius 1 is 1.13 bits per heavy atom. The van der Waals surface area contributed by atoms with Gasteiger partial charge in [0.15, 0.2) is 17.4 Å². The largest absolute Gasteiger partial charge is 0.355 e. The van der Waals surface area contributed by atoms with E-state index in [2.05, 4.69) is 42.0 Å². The molecule has 1 N–H and O–H groups in total. The standard InChI is InChI=1S/C29H31BrF2N2O3S/c1-17(2)10-11-33-25(36)16-34-26(15-23(35)18-6-8-20(9-7-18)29(3,4)5)38-24(28(34)37)13-19-12-21(30)14-22(31)27(19)32/h6-9,12-15,17H,10-11,16H2,1-5H3,(H,33,36)/b24-13+,26-15-. The molecule has 0 saturated carbocycles. The van der Waals surface area contributed by atoms with Crippen LogP contribution >= 0.6 is 27.3 Å². The predicted octanol–water partition coefficient (Wildman–Crippen LogP) is 4.90. The minimum atomic E-state index is -1.10. The molecule has 0 aliphatic rings. The first kappa shape index (κ1) is 29.6. The van der Waals surface area contributed by atoms with Crippen molar-refractivity contribution in [2.75, 3.05) is 6.54 Å². The van der Waals surface area contributed by atoms with E-state index in [0.717, 1.165) is 29.4 Å². The molecule has 202 valence electrons. The summed E-state index contributed by atoms with van der Waals surface area (Å²) < 4.78 is 30.1. The van der Waals surface area contributed by atoms with Crippen LogP contribution in [0.5, 0.6) is 0 Å². The molecule has 9 heteroatoms. The maximum Gasteiger partial charge on any atom is 0.269 e. The molecule has 2 aromatic carbocycles. The number of thiazole rings is 1. The molecule has 0 atom stereocenters. The molecule has 0 radical (unpaired) electrons.